The van der Waals surface area contributed by atoms with E-state index in [2.05, 4.69) is 18.8 Å². The van der Waals surface area contributed by atoms with Crippen LogP contribution in [0.3, 0.4) is 0 Å². The molecule has 0 unspecified atom stereocenters. The van der Waals surface area contributed by atoms with Gasteiger partial charge in [-0.15, -0.1) is 11.3 Å². The van der Waals surface area contributed by atoms with Gasteiger partial charge in [0.25, 0.3) is 0 Å². The van der Waals surface area contributed by atoms with Crippen molar-refractivity contribution >= 4 is 23.1 Å². The Morgan fingerprint density at radius 3 is 2.41 bits per heavy atom. The summed E-state index contributed by atoms with van der Waals surface area (Å²) in [6, 6.07) is 7.52. The summed E-state index contributed by atoms with van der Waals surface area (Å²) < 4.78 is 5.42. The molecule has 22 heavy (non-hydrogen) atoms. The van der Waals surface area contributed by atoms with E-state index in [-0.39, 0.29) is 28.0 Å². The highest BCUT2D eigenvalue weighted by Crippen LogP contribution is 2.20. The number of aromatic nitrogens is 1. The molecule has 2 rings (SSSR count). The topological polar surface area (TPSA) is 79.3 Å². The van der Waals surface area contributed by atoms with Crippen LogP contribution in [-0.2, 0) is 0 Å². The normalized spacial score (nSPS) is 10.7. The maximum Gasteiger partial charge on any atom is 0.228 e. The van der Waals surface area contributed by atoms with Gasteiger partial charge in [0.1, 0.15) is 5.75 Å². The molecule has 2 aromatic rings. The molecular weight excluding hydrogens is 302 g/mol. The standard InChI is InChI=1S/C16H17NO4S/c1-9(2)11-4-6-12(7-5-11)21-8-13(18)15-17-10(3)14(22-15)16(19)20/h4-7,9H,8H2,1-3H3,(H,19,20)/p-1. The Hall–Kier alpha value is -2.21. The van der Waals surface area contributed by atoms with Crippen LogP contribution in [0.5, 0.6) is 5.75 Å². The van der Waals surface area contributed by atoms with Crippen molar-refractivity contribution in [2.75, 3.05) is 6.61 Å². The predicted octanol–water partition coefficient (Wildman–Crippen LogP) is 2.20. The largest absolute Gasteiger partial charge is 0.544 e. The zero-order valence-electron chi connectivity index (χ0n) is 12.6. The van der Waals surface area contributed by atoms with Crippen LogP contribution in [0.15, 0.2) is 24.3 Å². The van der Waals surface area contributed by atoms with Crippen LogP contribution in [0.4, 0.5) is 0 Å². The Kier molecular flexibility index (Phi) is 4.92. The molecule has 1 heterocycles. The molecule has 0 spiro atoms. The number of aromatic carboxylic acids is 1. The van der Waals surface area contributed by atoms with Gasteiger partial charge in [0, 0.05) is 0 Å². The summed E-state index contributed by atoms with van der Waals surface area (Å²) in [5.41, 5.74) is 1.47. The number of carbonyl (C=O) groups is 2. The molecule has 0 aliphatic rings. The zero-order valence-corrected chi connectivity index (χ0v) is 13.4. The number of Topliss-reactive ketones (excluding diaryl/α,β-unsaturated/α-hetero) is 1. The molecule has 1 aromatic heterocycles. The quantitative estimate of drug-likeness (QED) is 0.763. The predicted molar refractivity (Wildman–Crippen MR) is 81.5 cm³/mol. The maximum atomic E-state index is 12.0. The first-order valence-electron chi connectivity index (χ1n) is 6.83. The van der Waals surface area contributed by atoms with Gasteiger partial charge in [0.05, 0.1) is 16.5 Å². The molecule has 0 atom stereocenters. The number of carboxylic acids is 1. The van der Waals surface area contributed by atoms with E-state index in [4.69, 9.17) is 4.74 Å². The molecule has 0 bridgehead atoms. The number of benzene rings is 1. The summed E-state index contributed by atoms with van der Waals surface area (Å²) in [6.45, 7) is 5.54. The van der Waals surface area contributed by atoms with Gasteiger partial charge in [-0.3, -0.25) is 4.79 Å². The lowest BCUT2D eigenvalue weighted by molar-refractivity contribution is -0.254. The third-order valence-corrected chi connectivity index (χ3v) is 4.32. The van der Waals surface area contributed by atoms with Crippen molar-refractivity contribution in [3.8, 4) is 5.75 Å². The number of hydrogen-bond donors (Lipinski definition) is 0. The number of ketones is 1. The Bertz CT molecular complexity index is 689. The van der Waals surface area contributed by atoms with Gasteiger partial charge in [0.2, 0.25) is 5.78 Å². The molecule has 1 aromatic carbocycles. The van der Waals surface area contributed by atoms with E-state index in [1.807, 2.05) is 24.3 Å². The molecule has 0 saturated carbocycles. The van der Waals surface area contributed by atoms with Crippen LogP contribution in [0.1, 0.15) is 50.5 Å². The summed E-state index contributed by atoms with van der Waals surface area (Å²) >= 11 is 0.815. The van der Waals surface area contributed by atoms with E-state index < -0.39 is 5.97 Å². The van der Waals surface area contributed by atoms with Gasteiger partial charge in [-0.1, -0.05) is 26.0 Å². The summed E-state index contributed by atoms with van der Waals surface area (Å²) in [5.74, 6) is -0.657. The van der Waals surface area contributed by atoms with Crippen molar-refractivity contribution in [1.29, 1.82) is 0 Å². The van der Waals surface area contributed by atoms with Gasteiger partial charge in [-0.25, -0.2) is 4.98 Å². The van der Waals surface area contributed by atoms with E-state index in [0.29, 0.717) is 11.7 Å². The van der Waals surface area contributed by atoms with Gasteiger partial charge in [0.15, 0.2) is 11.6 Å². The average Bonchev–Trinajstić information content (AvgIpc) is 2.87. The van der Waals surface area contributed by atoms with Crippen LogP contribution in [0.2, 0.25) is 0 Å². The number of rotatable bonds is 6. The minimum absolute atomic E-state index is 0.0235. The molecule has 0 N–H and O–H groups in total. The van der Waals surface area contributed by atoms with Crippen molar-refractivity contribution in [3.63, 3.8) is 0 Å². The van der Waals surface area contributed by atoms with Crippen LogP contribution in [-0.4, -0.2) is 23.3 Å². The number of aryl methyl sites for hydroxylation is 1. The molecule has 6 heteroatoms. The third-order valence-electron chi connectivity index (χ3n) is 3.14. The maximum absolute atomic E-state index is 12.0. The molecular formula is C16H16NO4S-. The highest BCUT2D eigenvalue weighted by molar-refractivity contribution is 7.15. The highest BCUT2D eigenvalue weighted by atomic mass is 32.1. The Balaban J connectivity index is 2.00. The number of thiazole rings is 1. The average molecular weight is 318 g/mol. The minimum atomic E-state index is -1.32. The fraction of sp³-hybridized carbons (Fsp3) is 0.312. The summed E-state index contributed by atoms with van der Waals surface area (Å²) in [5, 5.41) is 11.0. The third kappa shape index (κ3) is 3.71. The summed E-state index contributed by atoms with van der Waals surface area (Å²) in [6.07, 6.45) is 0. The molecule has 0 amide bonds. The molecule has 0 fully saturated rings. The van der Waals surface area contributed by atoms with Crippen molar-refractivity contribution in [2.24, 2.45) is 0 Å². The smallest absolute Gasteiger partial charge is 0.228 e. The van der Waals surface area contributed by atoms with Crippen LogP contribution in [0.25, 0.3) is 0 Å². The molecule has 0 aliphatic carbocycles. The summed E-state index contributed by atoms with van der Waals surface area (Å²) in [4.78, 5) is 26.8. The molecule has 116 valence electrons. The van der Waals surface area contributed by atoms with Gasteiger partial charge < -0.3 is 14.6 Å². The number of ether oxygens (including phenoxy) is 1. The molecule has 5 nitrogen and oxygen atoms in total. The highest BCUT2D eigenvalue weighted by Gasteiger charge is 2.15. The van der Waals surface area contributed by atoms with E-state index in [0.717, 1.165) is 11.3 Å². The Morgan fingerprint density at radius 1 is 1.27 bits per heavy atom. The van der Waals surface area contributed by atoms with E-state index in [9.17, 15) is 14.7 Å². The zero-order chi connectivity index (χ0) is 16.3. The lowest BCUT2D eigenvalue weighted by atomic mass is 10.0. The monoisotopic (exact) mass is 318 g/mol. The first-order valence-corrected chi connectivity index (χ1v) is 7.65. The first-order chi connectivity index (χ1) is 10.4. The Morgan fingerprint density at radius 2 is 1.91 bits per heavy atom. The molecule has 0 saturated heterocycles. The molecule has 0 radical (unpaired) electrons. The number of nitrogens with zero attached hydrogens (tertiary/aromatic N) is 1. The first kappa shape index (κ1) is 16.2. The van der Waals surface area contributed by atoms with Crippen molar-refractivity contribution in [2.45, 2.75) is 26.7 Å². The van der Waals surface area contributed by atoms with Gasteiger partial charge >= 0.3 is 0 Å². The lowest BCUT2D eigenvalue weighted by Gasteiger charge is -2.07. The van der Waals surface area contributed by atoms with Crippen LogP contribution >= 0.6 is 11.3 Å². The Labute approximate surface area is 132 Å². The fourth-order valence-electron chi connectivity index (χ4n) is 1.86. The van der Waals surface area contributed by atoms with Crippen LogP contribution < -0.4 is 9.84 Å². The van der Waals surface area contributed by atoms with Gasteiger partial charge in [-0.05, 0) is 30.5 Å². The number of hydrogen-bond acceptors (Lipinski definition) is 6. The van der Waals surface area contributed by atoms with E-state index in [1.165, 1.54) is 12.5 Å². The fourth-order valence-corrected chi connectivity index (χ4v) is 2.69. The van der Waals surface area contributed by atoms with Gasteiger partial charge in [-0.2, -0.15) is 0 Å². The second-order valence-electron chi connectivity index (χ2n) is 5.16. The number of carboxylic acid groups (broad SMARTS) is 1. The van der Waals surface area contributed by atoms with Crippen molar-refractivity contribution < 1.29 is 19.4 Å². The second kappa shape index (κ2) is 6.70. The second-order valence-corrected chi connectivity index (χ2v) is 6.16. The van der Waals surface area contributed by atoms with E-state index >= 15 is 0 Å². The van der Waals surface area contributed by atoms with Crippen molar-refractivity contribution in [3.05, 3.63) is 45.4 Å². The SMILES string of the molecule is Cc1nc(C(=O)COc2ccc(C(C)C)cc2)sc1C(=O)[O-]. The minimum Gasteiger partial charge on any atom is -0.544 e. The molecule has 0 aliphatic heterocycles. The van der Waals surface area contributed by atoms with Crippen LogP contribution in [0, 0.1) is 6.92 Å². The van der Waals surface area contributed by atoms with E-state index in [1.54, 1.807) is 0 Å². The lowest BCUT2D eigenvalue weighted by Crippen LogP contribution is -2.21. The summed E-state index contributed by atoms with van der Waals surface area (Å²) in [7, 11) is 0. The number of carbonyl (C=O) groups excluding carboxylic acids is 2. The van der Waals surface area contributed by atoms with Crippen molar-refractivity contribution in [1.82, 2.24) is 4.98 Å².